The molecule has 0 rings (SSSR count). The van der Waals surface area contributed by atoms with Crippen molar-refractivity contribution in [3.8, 4) is 6.19 Å². The number of carbonyl (C=O) groups excluding carboxylic acids is 2. The maximum absolute atomic E-state index is 11.7. The van der Waals surface area contributed by atoms with Crippen molar-refractivity contribution >= 4 is 23.8 Å². The van der Waals surface area contributed by atoms with Crippen LogP contribution in [0.2, 0.25) is 0 Å². The highest BCUT2D eigenvalue weighted by molar-refractivity contribution is 7.98. The Kier molecular flexibility index (Phi) is 8.84. The third kappa shape index (κ3) is 6.35. The number of alkyl carbamates (subject to hydrolysis) is 1. The normalized spacial score (nSPS) is 11.2. The molecule has 0 radical (unpaired) electrons. The van der Waals surface area contributed by atoms with E-state index in [9.17, 15) is 9.59 Å². The maximum atomic E-state index is 11.7. The van der Waals surface area contributed by atoms with Crippen LogP contribution in [0.15, 0.2) is 0 Å². The topological polar surface area (TPSA) is 82.4 Å². The van der Waals surface area contributed by atoms with Crippen LogP contribution in [0.3, 0.4) is 0 Å². The molecule has 0 aliphatic rings. The van der Waals surface area contributed by atoms with Crippen LogP contribution >= 0.6 is 11.8 Å². The average Bonchev–Trinajstić information content (AvgIpc) is 2.36. The van der Waals surface area contributed by atoms with Gasteiger partial charge in [0.25, 0.3) is 5.91 Å². The predicted molar refractivity (Wildman–Crippen MR) is 69.9 cm³/mol. The van der Waals surface area contributed by atoms with Gasteiger partial charge < -0.3 is 10.1 Å². The lowest BCUT2D eigenvalue weighted by atomic mass is 10.3. The van der Waals surface area contributed by atoms with Gasteiger partial charge in [0, 0.05) is 12.8 Å². The molecule has 7 heteroatoms. The van der Waals surface area contributed by atoms with Gasteiger partial charge >= 0.3 is 6.09 Å². The average molecular weight is 273 g/mol. The van der Waals surface area contributed by atoms with Gasteiger partial charge in [-0.15, -0.1) is 0 Å². The van der Waals surface area contributed by atoms with E-state index in [1.807, 2.05) is 13.2 Å². The Labute approximate surface area is 112 Å². The SMILES string of the molecule is CCCCOC(=O)NC(CSC)C(=O)N(C)C#N. The zero-order valence-electron chi connectivity index (χ0n) is 10.9. The first-order valence-electron chi connectivity index (χ1n) is 5.66. The molecule has 0 aromatic rings. The Morgan fingerprint density at radius 3 is 2.72 bits per heavy atom. The summed E-state index contributed by atoms with van der Waals surface area (Å²) < 4.78 is 4.91. The lowest BCUT2D eigenvalue weighted by Crippen LogP contribution is -2.47. The van der Waals surface area contributed by atoms with Crippen molar-refractivity contribution in [3.05, 3.63) is 0 Å². The number of likely N-dealkylation sites (N-methyl/N-ethyl adjacent to an activating group) is 1. The molecule has 0 aromatic carbocycles. The zero-order valence-corrected chi connectivity index (χ0v) is 11.7. The van der Waals surface area contributed by atoms with Crippen molar-refractivity contribution in [1.82, 2.24) is 10.2 Å². The van der Waals surface area contributed by atoms with Crippen molar-refractivity contribution < 1.29 is 14.3 Å². The van der Waals surface area contributed by atoms with Gasteiger partial charge in [-0.05, 0) is 12.7 Å². The highest BCUT2D eigenvalue weighted by Gasteiger charge is 2.24. The minimum atomic E-state index is -0.737. The molecule has 0 aliphatic carbocycles. The predicted octanol–water partition coefficient (Wildman–Crippen LogP) is 1.18. The van der Waals surface area contributed by atoms with Crippen LogP contribution in [0, 0.1) is 11.5 Å². The van der Waals surface area contributed by atoms with Crippen LogP contribution in [0.4, 0.5) is 4.79 Å². The van der Waals surface area contributed by atoms with Crippen LogP contribution in [-0.4, -0.2) is 48.6 Å². The van der Waals surface area contributed by atoms with Gasteiger partial charge in [0.1, 0.15) is 6.04 Å². The molecule has 0 heterocycles. The molecule has 0 spiro atoms. The number of unbranched alkanes of at least 4 members (excludes halogenated alkanes) is 1. The summed E-state index contributed by atoms with van der Waals surface area (Å²) in [5.41, 5.74) is 0. The molecule has 0 aromatic heterocycles. The highest BCUT2D eigenvalue weighted by atomic mass is 32.2. The third-order valence-corrected chi connectivity index (χ3v) is 2.80. The Hall–Kier alpha value is -1.42. The monoisotopic (exact) mass is 273 g/mol. The largest absolute Gasteiger partial charge is 0.450 e. The summed E-state index contributed by atoms with van der Waals surface area (Å²) in [5, 5.41) is 11.1. The van der Waals surface area contributed by atoms with Crippen LogP contribution < -0.4 is 5.32 Å². The molecule has 0 saturated carbocycles. The van der Waals surface area contributed by atoms with Gasteiger partial charge in [0.15, 0.2) is 6.19 Å². The Bertz CT molecular complexity index is 317. The van der Waals surface area contributed by atoms with Crippen molar-refractivity contribution in [2.45, 2.75) is 25.8 Å². The first kappa shape index (κ1) is 16.6. The van der Waals surface area contributed by atoms with Crippen molar-refractivity contribution in [1.29, 1.82) is 5.26 Å². The summed E-state index contributed by atoms with van der Waals surface area (Å²) in [6, 6.07) is -0.737. The van der Waals surface area contributed by atoms with E-state index in [1.54, 1.807) is 6.19 Å². The lowest BCUT2D eigenvalue weighted by molar-refractivity contribution is -0.128. The smallest absolute Gasteiger partial charge is 0.407 e. The van der Waals surface area contributed by atoms with Crippen molar-refractivity contribution in [2.24, 2.45) is 0 Å². The highest BCUT2D eigenvalue weighted by Crippen LogP contribution is 2.01. The fraction of sp³-hybridized carbons (Fsp3) is 0.727. The molecular weight excluding hydrogens is 254 g/mol. The summed E-state index contributed by atoms with van der Waals surface area (Å²) in [5.74, 6) is -0.0485. The first-order chi connectivity index (χ1) is 8.56. The first-order valence-corrected chi connectivity index (χ1v) is 7.05. The van der Waals surface area contributed by atoms with E-state index in [2.05, 4.69) is 5.32 Å². The van der Waals surface area contributed by atoms with E-state index < -0.39 is 18.0 Å². The number of nitriles is 1. The number of carbonyl (C=O) groups is 2. The second-order valence-corrected chi connectivity index (χ2v) is 4.55. The van der Waals surface area contributed by atoms with Crippen LogP contribution in [-0.2, 0) is 9.53 Å². The van der Waals surface area contributed by atoms with E-state index in [0.717, 1.165) is 17.7 Å². The molecule has 18 heavy (non-hydrogen) atoms. The van der Waals surface area contributed by atoms with E-state index in [1.165, 1.54) is 18.8 Å². The van der Waals surface area contributed by atoms with Gasteiger partial charge in [0.05, 0.1) is 6.61 Å². The van der Waals surface area contributed by atoms with Gasteiger partial charge in [-0.3, -0.25) is 9.69 Å². The Balaban J connectivity index is 4.31. The number of hydrogen-bond acceptors (Lipinski definition) is 5. The van der Waals surface area contributed by atoms with Crippen LogP contribution in [0.5, 0.6) is 0 Å². The molecule has 1 atom stereocenters. The van der Waals surface area contributed by atoms with Crippen molar-refractivity contribution in [2.75, 3.05) is 25.7 Å². The molecule has 0 saturated heterocycles. The van der Waals surface area contributed by atoms with Gasteiger partial charge in [-0.25, -0.2) is 4.79 Å². The molecule has 0 fully saturated rings. The minimum Gasteiger partial charge on any atom is -0.450 e. The van der Waals surface area contributed by atoms with E-state index in [0.29, 0.717) is 12.4 Å². The molecular formula is C11H19N3O3S. The molecule has 102 valence electrons. The van der Waals surface area contributed by atoms with Crippen molar-refractivity contribution in [3.63, 3.8) is 0 Å². The van der Waals surface area contributed by atoms with Gasteiger partial charge in [0.2, 0.25) is 0 Å². The fourth-order valence-electron chi connectivity index (χ4n) is 1.12. The molecule has 6 nitrogen and oxygen atoms in total. The number of amides is 2. The summed E-state index contributed by atoms with van der Waals surface area (Å²) >= 11 is 1.41. The summed E-state index contributed by atoms with van der Waals surface area (Å²) in [7, 11) is 1.36. The van der Waals surface area contributed by atoms with Crippen LogP contribution in [0.1, 0.15) is 19.8 Å². The lowest BCUT2D eigenvalue weighted by Gasteiger charge is -2.18. The zero-order chi connectivity index (χ0) is 14.0. The maximum Gasteiger partial charge on any atom is 0.407 e. The number of thioether (sulfide) groups is 1. The minimum absolute atomic E-state index is 0.330. The van der Waals surface area contributed by atoms with E-state index in [-0.39, 0.29) is 0 Å². The number of nitrogens with zero attached hydrogens (tertiary/aromatic N) is 2. The molecule has 0 bridgehead atoms. The second kappa shape index (κ2) is 9.59. The summed E-state index contributed by atoms with van der Waals surface area (Å²) in [6.45, 7) is 2.32. The fourth-order valence-corrected chi connectivity index (χ4v) is 1.68. The summed E-state index contributed by atoms with van der Waals surface area (Å²) in [6.07, 6.45) is 4.62. The van der Waals surface area contributed by atoms with E-state index in [4.69, 9.17) is 10.00 Å². The molecule has 1 N–H and O–H groups in total. The van der Waals surface area contributed by atoms with Gasteiger partial charge in [-0.1, -0.05) is 13.3 Å². The van der Waals surface area contributed by atoms with Crippen LogP contribution in [0.25, 0.3) is 0 Å². The number of rotatable bonds is 7. The summed E-state index contributed by atoms with van der Waals surface area (Å²) in [4.78, 5) is 24.1. The number of hydrogen-bond donors (Lipinski definition) is 1. The standard InChI is InChI=1S/C11H19N3O3S/c1-4-5-6-17-11(16)13-9(7-18-3)10(15)14(2)8-12/h9H,4-7H2,1-3H3,(H,13,16). The Morgan fingerprint density at radius 2 is 2.22 bits per heavy atom. The molecule has 0 aliphatic heterocycles. The molecule has 1 unspecified atom stereocenters. The third-order valence-electron chi connectivity index (χ3n) is 2.14. The van der Waals surface area contributed by atoms with Gasteiger partial charge in [-0.2, -0.15) is 17.0 Å². The molecule has 2 amide bonds. The number of ether oxygens (including phenoxy) is 1. The second-order valence-electron chi connectivity index (χ2n) is 3.64. The number of nitrogens with one attached hydrogen (secondary N) is 1. The quantitative estimate of drug-likeness (QED) is 0.428. The Morgan fingerprint density at radius 1 is 1.56 bits per heavy atom. The van der Waals surface area contributed by atoms with E-state index >= 15 is 0 Å².